The summed E-state index contributed by atoms with van der Waals surface area (Å²) in [6.45, 7) is 3.89. The van der Waals surface area contributed by atoms with Crippen LogP contribution in [-0.2, 0) is 13.0 Å². The van der Waals surface area contributed by atoms with Gasteiger partial charge in [-0.05, 0) is 51.9 Å². The Kier molecular flexibility index (Phi) is 5.71. The molecule has 7 nitrogen and oxygen atoms in total. The molecule has 24 heavy (non-hydrogen) atoms. The molecule has 1 fully saturated rings. The van der Waals surface area contributed by atoms with E-state index in [-0.39, 0.29) is 24.7 Å². The monoisotopic (exact) mass is 335 g/mol. The number of carbonyl (C=O) groups is 1. The molecule has 2 atom stereocenters. The van der Waals surface area contributed by atoms with Gasteiger partial charge in [-0.25, -0.2) is 4.79 Å². The van der Waals surface area contributed by atoms with Gasteiger partial charge in [0, 0.05) is 32.2 Å². The minimum atomic E-state index is -0.0155. The van der Waals surface area contributed by atoms with Crippen LogP contribution in [0, 0.1) is 0 Å². The number of likely N-dealkylation sites (tertiary alicyclic amines) is 1. The van der Waals surface area contributed by atoms with Gasteiger partial charge in [-0.15, -0.1) is 10.2 Å². The first kappa shape index (κ1) is 17.2. The second-order valence-corrected chi connectivity index (χ2v) is 7.00. The standard InChI is InChI=1S/C17H29N5O2/c1-13(7-6-12-23)18-17(24)21-10-4-2-8-14(21)16-20-19-15-9-3-5-11-22(15)16/h13-14,23H,2-12H2,1H3,(H,18,24). The van der Waals surface area contributed by atoms with Gasteiger partial charge in [-0.2, -0.15) is 0 Å². The summed E-state index contributed by atoms with van der Waals surface area (Å²) in [6.07, 6.45) is 7.95. The molecule has 2 unspecified atom stereocenters. The number of aliphatic hydroxyl groups excluding tert-OH is 1. The van der Waals surface area contributed by atoms with Gasteiger partial charge in [0.05, 0.1) is 6.04 Å². The fraction of sp³-hybridized carbons (Fsp3) is 0.824. The summed E-state index contributed by atoms with van der Waals surface area (Å²) in [5.41, 5.74) is 0. The number of aryl methyl sites for hydroxylation is 1. The molecular formula is C17H29N5O2. The third-order valence-electron chi connectivity index (χ3n) is 5.11. The molecule has 1 aromatic heterocycles. The Morgan fingerprint density at radius 3 is 2.96 bits per heavy atom. The number of aliphatic hydroxyl groups is 1. The van der Waals surface area contributed by atoms with Crippen molar-refractivity contribution in [3.05, 3.63) is 11.6 Å². The number of urea groups is 1. The Hall–Kier alpha value is -1.63. The molecular weight excluding hydrogens is 306 g/mol. The van der Waals surface area contributed by atoms with E-state index in [1.807, 2.05) is 11.8 Å². The Bertz CT molecular complexity index is 559. The second kappa shape index (κ2) is 7.96. The van der Waals surface area contributed by atoms with Gasteiger partial charge in [0.25, 0.3) is 0 Å². The van der Waals surface area contributed by atoms with Crippen LogP contribution in [0.5, 0.6) is 0 Å². The van der Waals surface area contributed by atoms with Crippen LogP contribution in [0.4, 0.5) is 4.79 Å². The zero-order valence-corrected chi connectivity index (χ0v) is 14.6. The lowest BCUT2D eigenvalue weighted by atomic mass is 10.0. The minimum Gasteiger partial charge on any atom is -0.396 e. The number of amides is 2. The first-order valence-electron chi connectivity index (χ1n) is 9.30. The highest BCUT2D eigenvalue weighted by atomic mass is 16.3. The Morgan fingerprint density at radius 1 is 1.29 bits per heavy atom. The highest BCUT2D eigenvalue weighted by molar-refractivity contribution is 5.75. The molecule has 0 saturated carbocycles. The van der Waals surface area contributed by atoms with Crippen molar-refractivity contribution in [1.29, 1.82) is 0 Å². The highest BCUT2D eigenvalue weighted by Crippen LogP contribution is 2.31. The zero-order chi connectivity index (χ0) is 16.9. The highest BCUT2D eigenvalue weighted by Gasteiger charge is 2.33. The third kappa shape index (κ3) is 3.71. The topological polar surface area (TPSA) is 83.3 Å². The van der Waals surface area contributed by atoms with Crippen LogP contribution in [-0.4, -0.2) is 50.0 Å². The first-order chi connectivity index (χ1) is 11.7. The van der Waals surface area contributed by atoms with Gasteiger partial charge in [-0.3, -0.25) is 0 Å². The van der Waals surface area contributed by atoms with E-state index >= 15 is 0 Å². The van der Waals surface area contributed by atoms with Crippen LogP contribution >= 0.6 is 0 Å². The van der Waals surface area contributed by atoms with Crippen molar-refractivity contribution >= 4 is 6.03 Å². The van der Waals surface area contributed by atoms with Crippen LogP contribution in [0.1, 0.15) is 69.6 Å². The third-order valence-corrected chi connectivity index (χ3v) is 5.11. The number of carbonyl (C=O) groups excluding carboxylic acids is 1. The summed E-state index contributed by atoms with van der Waals surface area (Å²) >= 11 is 0. The van der Waals surface area contributed by atoms with Crippen molar-refractivity contribution in [3.63, 3.8) is 0 Å². The molecule has 1 saturated heterocycles. The summed E-state index contributed by atoms with van der Waals surface area (Å²) in [5, 5.41) is 20.8. The van der Waals surface area contributed by atoms with E-state index in [2.05, 4.69) is 20.1 Å². The summed E-state index contributed by atoms with van der Waals surface area (Å²) in [4.78, 5) is 14.7. The van der Waals surface area contributed by atoms with Gasteiger partial charge in [0.15, 0.2) is 5.82 Å². The molecule has 2 amide bonds. The molecule has 0 radical (unpaired) electrons. The smallest absolute Gasteiger partial charge is 0.318 e. The van der Waals surface area contributed by atoms with Gasteiger partial charge < -0.3 is 19.9 Å². The molecule has 2 aliphatic rings. The molecule has 1 aromatic rings. The van der Waals surface area contributed by atoms with Gasteiger partial charge in [-0.1, -0.05) is 0 Å². The molecule has 0 aliphatic carbocycles. The minimum absolute atomic E-state index is 0.0155. The van der Waals surface area contributed by atoms with Crippen LogP contribution in [0.3, 0.4) is 0 Å². The zero-order valence-electron chi connectivity index (χ0n) is 14.6. The molecule has 3 heterocycles. The number of hydrogen-bond donors (Lipinski definition) is 2. The van der Waals surface area contributed by atoms with Crippen LogP contribution in [0.15, 0.2) is 0 Å². The van der Waals surface area contributed by atoms with E-state index < -0.39 is 0 Å². The number of nitrogens with one attached hydrogen (secondary N) is 1. The van der Waals surface area contributed by atoms with Gasteiger partial charge in [0.2, 0.25) is 0 Å². The maximum Gasteiger partial charge on any atom is 0.318 e. The predicted octanol–water partition coefficient (Wildman–Crippen LogP) is 2.01. The Balaban J connectivity index is 1.71. The van der Waals surface area contributed by atoms with Crippen molar-refractivity contribution in [2.24, 2.45) is 0 Å². The number of piperidine rings is 1. The number of nitrogens with zero attached hydrogens (tertiary/aromatic N) is 4. The molecule has 0 spiro atoms. The van der Waals surface area contributed by atoms with Crippen LogP contribution < -0.4 is 5.32 Å². The lowest BCUT2D eigenvalue weighted by Gasteiger charge is -2.36. The Labute approximate surface area is 143 Å². The Morgan fingerprint density at radius 2 is 2.12 bits per heavy atom. The summed E-state index contributed by atoms with van der Waals surface area (Å²) in [6, 6.07) is 0.0842. The normalized spacial score (nSPS) is 22.1. The van der Waals surface area contributed by atoms with Crippen molar-refractivity contribution in [2.75, 3.05) is 13.2 Å². The molecule has 2 N–H and O–H groups in total. The first-order valence-corrected chi connectivity index (χ1v) is 9.30. The fourth-order valence-electron chi connectivity index (χ4n) is 3.78. The van der Waals surface area contributed by atoms with E-state index in [4.69, 9.17) is 5.11 Å². The van der Waals surface area contributed by atoms with Gasteiger partial charge >= 0.3 is 6.03 Å². The maximum absolute atomic E-state index is 12.7. The fourth-order valence-corrected chi connectivity index (χ4v) is 3.78. The summed E-state index contributed by atoms with van der Waals surface area (Å²) in [7, 11) is 0. The molecule has 0 aromatic carbocycles. The van der Waals surface area contributed by atoms with E-state index in [1.54, 1.807) is 0 Å². The maximum atomic E-state index is 12.7. The predicted molar refractivity (Wildman–Crippen MR) is 90.6 cm³/mol. The number of rotatable bonds is 5. The quantitative estimate of drug-likeness (QED) is 0.862. The van der Waals surface area contributed by atoms with Crippen molar-refractivity contribution in [1.82, 2.24) is 25.0 Å². The lowest BCUT2D eigenvalue weighted by molar-refractivity contribution is 0.141. The SMILES string of the molecule is CC(CCCO)NC(=O)N1CCCCC1c1nnc2n1CCCC2. The summed E-state index contributed by atoms with van der Waals surface area (Å²) in [5.74, 6) is 2.03. The molecule has 7 heteroatoms. The van der Waals surface area contributed by atoms with Gasteiger partial charge in [0.1, 0.15) is 5.82 Å². The average molecular weight is 335 g/mol. The van der Waals surface area contributed by atoms with E-state index in [1.165, 1.54) is 6.42 Å². The van der Waals surface area contributed by atoms with E-state index in [9.17, 15) is 4.79 Å². The van der Waals surface area contributed by atoms with Crippen molar-refractivity contribution in [3.8, 4) is 0 Å². The van der Waals surface area contributed by atoms with Crippen LogP contribution in [0.25, 0.3) is 0 Å². The second-order valence-electron chi connectivity index (χ2n) is 7.00. The largest absolute Gasteiger partial charge is 0.396 e. The molecule has 2 aliphatic heterocycles. The summed E-state index contributed by atoms with van der Waals surface area (Å²) < 4.78 is 2.23. The molecule has 3 rings (SSSR count). The number of hydrogen-bond acceptors (Lipinski definition) is 4. The van der Waals surface area contributed by atoms with Crippen LogP contribution in [0.2, 0.25) is 0 Å². The van der Waals surface area contributed by atoms with E-state index in [0.717, 1.165) is 63.3 Å². The van der Waals surface area contributed by atoms with Crippen molar-refractivity contribution < 1.29 is 9.90 Å². The van der Waals surface area contributed by atoms with Crippen molar-refractivity contribution in [2.45, 2.75) is 76.9 Å². The lowest BCUT2D eigenvalue weighted by Crippen LogP contribution is -2.48. The average Bonchev–Trinajstić information content (AvgIpc) is 3.04. The molecule has 0 bridgehead atoms. The van der Waals surface area contributed by atoms with E-state index in [0.29, 0.717) is 6.42 Å². The number of aromatic nitrogens is 3. The number of fused-ring (bicyclic) bond motifs is 1. The molecule has 134 valence electrons.